The summed E-state index contributed by atoms with van der Waals surface area (Å²) >= 11 is 0. The van der Waals surface area contributed by atoms with Crippen molar-refractivity contribution in [3.05, 3.63) is 32.9 Å². The molecule has 2 aliphatic rings. The Morgan fingerprint density at radius 3 is 2.15 bits per heavy atom. The Hall–Kier alpha value is -3.54. The van der Waals surface area contributed by atoms with E-state index in [2.05, 4.69) is 21.3 Å². The van der Waals surface area contributed by atoms with Gasteiger partial charge < -0.3 is 66.1 Å². The summed E-state index contributed by atoms with van der Waals surface area (Å²) < 4.78 is 30.4. The van der Waals surface area contributed by atoms with E-state index in [1.54, 1.807) is 4.98 Å². The van der Waals surface area contributed by atoms with Gasteiger partial charge in [-0.2, -0.15) is 4.39 Å². The molecule has 2 fully saturated rings. The lowest BCUT2D eigenvalue weighted by Gasteiger charge is -2.47. The maximum atomic E-state index is 13.3. The van der Waals surface area contributed by atoms with Crippen LogP contribution >= 0.6 is 0 Å². The average molecular weight is 681 g/mol. The molecule has 21 heteroatoms. The van der Waals surface area contributed by atoms with Gasteiger partial charge in [-0.05, 0) is 12.8 Å². The van der Waals surface area contributed by atoms with Crippen LogP contribution in [0.1, 0.15) is 32.6 Å². The van der Waals surface area contributed by atoms with Crippen molar-refractivity contribution in [2.75, 3.05) is 26.3 Å². The Labute approximate surface area is 265 Å². The van der Waals surface area contributed by atoms with E-state index in [1.807, 2.05) is 0 Å². The Bertz CT molecular complexity index is 1330. The van der Waals surface area contributed by atoms with Gasteiger partial charge in [0.1, 0.15) is 48.7 Å². The summed E-state index contributed by atoms with van der Waals surface area (Å²) in [5.74, 6) is -1.91. The molecule has 2 aliphatic heterocycles. The summed E-state index contributed by atoms with van der Waals surface area (Å²) in [4.78, 5) is 60.6. The smallest absolute Gasteiger partial charge is 0.336 e. The number of hydrogen-bond donors (Lipinski definition) is 11. The Kier molecular flexibility index (Phi) is 14.2. The number of amides is 4. The number of halogens is 1. The van der Waals surface area contributed by atoms with Crippen molar-refractivity contribution in [1.29, 1.82) is 0 Å². The van der Waals surface area contributed by atoms with Crippen molar-refractivity contribution >= 4 is 18.0 Å². The first-order valence-corrected chi connectivity index (χ1v) is 14.8. The Morgan fingerprint density at radius 2 is 1.53 bits per heavy atom. The van der Waals surface area contributed by atoms with Crippen LogP contribution in [0.15, 0.2) is 15.8 Å². The molecule has 0 aromatic carbocycles. The molecule has 2 saturated heterocycles. The monoisotopic (exact) mass is 680 g/mol. The van der Waals surface area contributed by atoms with Gasteiger partial charge in [-0.3, -0.25) is 14.6 Å². The number of hydrogen-bond acceptors (Lipinski definition) is 14. The third-order valence-corrected chi connectivity index (χ3v) is 7.49. The van der Waals surface area contributed by atoms with E-state index in [0.29, 0.717) is 36.4 Å². The number of aliphatic hydroxyl groups is 6. The fourth-order valence-electron chi connectivity index (χ4n) is 5.03. The van der Waals surface area contributed by atoms with Gasteiger partial charge in [0.15, 0.2) is 12.6 Å². The maximum absolute atomic E-state index is 13.3. The van der Waals surface area contributed by atoms with Crippen molar-refractivity contribution in [2.24, 2.45) is 0 Å². The third kappa shape index (κ3) is 9.98. The molecule has 0 aliphatic carbocycles. The quantitative estimate of drug-likeness (QED) is 0.0869. The van der Waals surface area contributed by atoms with Crippen LogP contribution in [0.25, 0.3) is 0 Å². The summed E-state index contributed by atoms with van der Waals surface area (Å²) in [7, 11) is 0. The van der Waals surface area contributed by atoms with Gasteiger partial charge in [0.05, 0.1) is 19.4 Å². The van der Waals surface area contributed by atoms with Gasteiger partial charge in [0, 0.05) is 20.0 Å². The number of ether oxygens (including phenoxy) is 3. The minimum absolute atomic E-state index is 0.139. The van der Waals surface area contributed by atoms with Crippen LogP contribution in [0.3, 0.4) is 0 Å². The highest BCUT2D eigenvalue weighted by atomic mass is 19.1. The first-order valence-electron chi connectivity index (χ1n) is 14.8. The lowest BCUT2D eigenvalue weighted by Crippen LogP contribution is -2.69. The normalized spacial score (nSPS) is 30.7. The second-order valence-corrected chi connectivity index (χ2v) is 11.0. The van der Waals surface area contributed by atoms with Crippen molar-refractivity contribution in [2.45, 2.75) is 93.9 Å². The number of carbonyl (C=O) groups is 3. The molecule has 10 atom stereocenters. The molecule has 0 radical (unpaired) electrons. The summed E-state index contributed by atoms with van der Waals surface area (Å²) in [6, 6.07) is -4.59. The summed E-state index contributed by atoms with van der Waals surface area (Å²) in [6.45, 7) is -0.0928. The lowest BCUT2D eigenvalue weighted by molar-refractivity contribution is -0.327. The molecule has 0 saturated carbocycles. The number of rotatable bonds is 13. The van der Waals surface area contributed by atoms with Crippen LogP contribution < -0.4 is 32.5 Å². The van der Waals surface area contributed by atoms with Gasteiger partial charge in [-0.25, -0.2) is 19.0 Å². The van der Waals surface area contributed by atoms with Gasteiger partial charge in [-0.15, -0.1) is 0 Å². The minimum Gasteiger partial charge on any atom is -0.394 e. The SMILES string of the molecule is CC(=O)NC1C(O)OC(CO)C(OC2OC(CO)C(O)C(O)C2NC(=O)NCCCCCCNC(=O)n2cc(F)c(=O)[nH]c2=O)C1O. The first kappa shape index (κ1) is 37.9. The molecule has 20 nitrogen and oxygen atoms in total. The third-order valence-electron chi connectivity index (χ3n) is 7.49. The van der Waals surface area contributed by atoms with E-state index in [9.17, 15) is 59.0 Å². The molecule has 11 N–H and O–H groups in total. The molecule has 1 aromatic heterocycles. The number of nitrogens with one attached hydrogen (secondary N) is 5. The molecule has 4 amide bonds. The van der Waals surface area contributed by atoms with Crippen LogP contribution in [0.4, 0.5) is 14.0 Å². The number of carbonyl (C=O) groups excluding carboxylic acids is 3. The largest absolute Gasteiger partial charge is 0.394 e. The molecule has 47 heavy (non-hydrogen) atoms. The van der Waals surface area contributed by atoms with Gasteiger partial charge >= 0.3 is 17.8 Å². The van der Waals surface area contributed by atoms with Gasteiger partial charge in [0.25, 0.3) is 5.56 Å². The summed E-state index contributed by atoms with van der Waals surface area (Å²) in [5, 5.41) is 71.2. The number of aliphatic hydroxyl groups excluding tert-OH is 6. The van der Waals surface area contributed by atoms with E-state index in [4.69, 9.17) is 14.2 Å². The second kappa shape index (κ2) is 17.6. The first-order chi connectivity index (χ1) is 22.3. The second-order valence-electron chi connectivity index (χ2n) is 11.0. The van der Waals surface area contributed by atoms with E-state index < -0.39 is 110 Å². The molecule has 266 valence electrons. The standard InChI is InChI=1S/C26H41FN6O14/c1-11(36)30-15-19(39)20(14(10-35)45-22(15)41)47-23-16(18(38)17(37)13(9-34)46-23)31-24(42)28-6-4-2-3-5-7-29-25(43)33-8-12(27)21(40)32-26(33)44/h8,13-20,22-23,34-35,37-39,41H,2-7,9-10H2,1H3,(H,29,43)(H,30,36)(H2,28,31,42)(H,32,40,44). The zero-order valence-corrected chi connectivity index (χ0v) is 25.3. The molecule has 0 spiro atoms. The van der Waals surface area contributed by atoms with Crippen LogP contribution in [0.5, 0.6) is 0 Å². The molecule has 0 bridgehead atoms. The average Bonchev–Trinajstić information content (AvgIpc) is 3.02. The van der Waals surface area contributed by atoms with Crippen molar-refractivity contribution in [1.82, 2.24) is 30.8 Å². The molecular formula is C26H41FN6O14. The highest BCUT2D eigenvalue weighted by molar-refractivity contribution is 5.76. The molecule has 10 unspecified atom stereocenters. The molecule has 3 heterocycles. The maximum Gasteiger partial charge on any atom is 0.336 e. The predicted molar refractivity (Wildman–Crippen MR) is 153 cm³/mol. The van der Waals surface area contributed by atoms with Crippen LogP contribution in [0, 0.1) is 5.82 Å². The van der Waals surface area contributed by atoms with E-state index in [0.717, 1.165) is 6.92 Å². The fraction of sp³-hybridized carbons (Fsp3) is 0.731. The van der Waals surface area contributed by atoms with Crippen LogP contribution in [0.2, 0.25) is 0 Å². The Morgan fingerprint density at radius 1 is 0.894 bits per heavy atom. The van der Waals surface area contributed by atoms with Crippen LogP contribution in [-0.2, 0) is 19.0 Å². The number of nitrogens with zero attached hydrogens (tertiary/aromatic N) is 1. The van der Waals surface area contributed by atoms with Crippen molar-refractivity contribution in [3.63, 3.8) is 0 Å². The number of unbranched alkanes of at least 4 members (excludes halogenated alkanes) is 3. The number of H-pyrrole nitrogens is 1. The lowest BCUT2D eigenvalue weighted by atomic mass is 9.94. The summed E-state index contributed by atoms with van der Waals surface area (Å²) in [5.41, 5.74) is -2.33. The highest BCUT2D eigenvalue weighted by Crippen LogP contribution is 2.28. The van der Waals surface area contributed by atoms with Crippen molar-refractivity contribution < 1.29 is 63.6 Å². The number of urea groups is 1. The summed E-state index contributed by atoms with van der Waals surface area (Å²) in [6.07, 6.45) is -10.00. The zero-order valence-electron chi connectivity index (χ0n) is 25.3. The van der Waals surface area contributed by atoms with E-state index >= 15 is 0 Å². The topological polar surface area (TPSA) is 303 Å². The van der Waals surface area contributed by atoms with E-state index in [-0.39, 0.29) is 13.1 Å². The van der Waals surface area contributed by atoms with Crippen molar-refractivity contribution in [3.8, 4) is 0 Å². The molecule has 1 aromatic rings. The number of aromatic amines is 1. The predicted octanol–water partition coefficient (Wildman–Crippen LogP) is -5.14. The molecular weight excluding hydrogens is 639 g/mol. The zero-order chi connectivity index (χ0) is 34.8. The fourth-order valence-corrected chi connectivity index (χ4v) is 5.03. The minimum atomic E-state index is -1.73. The highest BCUT2D eigenvalue weighted by Gasteiger charge is 2.51. The van der Waals surface area contributed by atoms with Gasteiger partial charge in [0.2, 0.25) is 11.7 Å². The number of aromatic nitrogens is 2. The van der Waals surface area contributed by atoms with E-state index in [1.165, 1.54) is 0 Å². The Balaban J connectivity index is 1.49. The van der Waals surface area contributed by atoms with Gasteiger partial charge in [-0.1, -0.05) is 12.8 Å². The van der Waals surface area contributed by atoms with Crippen LogP contribution in [-0.4, -0.2) is 146 Å². The molecule has 3 rings (SSSR count).